The van der Waals surface area contributed by atoms with Crippen molar-refractivity contribution in [3.05, 3.63) is 18.2 Å². The number of amides is 1. The zero-order valence-electron chi connectivity index (χ0n) is 13.0. The molecule has 1 saturated heterocycles. The number of benzene rings is 1. The SMILES string of the molecule is CCCC1(C(=O)Nc2cc(OC)ccc2OC)CCCN1. The molecule has 0 aliphatic carbocycles. The van der Waals surface area contributed by atoms with E-state index in [0.29, 0.717) is 17.2 Å². The van der Waals surface area contributed by atoms with E-state index in [1.165, 1.54) is 0 Å². The van der Waals surface area contributed by atoms with E-state index in [9.17, 15) is 4.79 Å². The van der Waals surface area contributed by atoms with Crippen LogP contribution in [0.4, 0.5) is 5.69 Å². The van der Waals surface area contributed by atoms with Gasteiger partial charge in [-0.15, -0.1) is 0 Å². The highest BCUT2D eigenvalue weighted by Crippen LogP contribution is 2.32. The standard InChI is InChI=1S/C16H24N2O3/c1-4-8-16(9-5-10-17-16)15(19)18-13-11-12(20-2)6-7-14(13)21-3/h6-7,11,17H,4-5,8-10H2,1-3H3,(H,18,19). The van der Waals surface area contributed by atoms with Crippen molar-refractivity contribution in [3.8, 4) is 11.5 Å². The third-order valence-corrected chi connectivity index (χ3v) is 4.01. The number of hydrogen-bond donors (Lipinski definition) is 2. The summed E-state index contributed by atoms with van der Waals surface area (Å²) in [7, 11) is 3.19. The van der Waals surface area contributed by atoms with E-state index in [4.69, 9.17) is 9.47 Å². The van der Waals surface area contributed by atoms with Crippen LogP contribution in [-0.2, 0) is 4.79 Å². The van der Waals surface area contributed by atoms with Gasteiger partial charge in [-0.25, -0.2) is 0 Å². The van der Waals surface area contributed by atoms with Gasteiger partial charge in [-0.2, -0.15) is 0 Å². The molecule has 116 valence electrons. The Labute approximate surface area is 126 Å². The van der Waals surface area contributed by atoms with E-state index in [-0.39, 0.29) is 5.91 Å². The molecule has 0 bridgehead atoms. The number of nitrogens with one attached hydrogen (secondary N) is 2. The molecule has 1 unspecified atom stereocenters. The Morgan fingerprint density at radius 1 is 1.38 bits per heavy atom. The number of ether oxygens (including phenoxy) is 2. The Hall–Kier alpha value is -1.75. The van der Waals surface area contributed by atoms with Crippen LogP contribution in [0.5, 0.6) is 11.5 Å². The summed E-state index contributed by atoms with van der Waals surface area (Å²) in [5, 5.41) is 6.37. The molecule has 1 aromatic carbocycles. The fraction of sp³-hybridized carbons (Fsp3) is 0.562. The van der Waals surface area contributed by atoms with Crippen molar-refractivity contribution in [2.24, 2.45) is 0 Å². The summed E-state index contributed by atoms with van der Waals surface area (Å²) in [5.41, 5.74) is 0.189. The van der Waals surface area contributed by atoms with Gasteiger partial charge in [0.15, 0.2) is 0 Å². The molecule has 5 nitrogen and oxygen atoms in total. The maximum absolute atomic E-state index is 12.7. The molecule has 2 rings (SSSR count). The quantitative estimate of drug-likeness (QED) is 0.846. The van der Waals surface area contributed by atoms with E-state index >= 15 is 0 Å². The number of methoxy groups -OCH3 is 2. The first-order valence-corrected chi connectivity index (χ1v) is 7.43. The molecule has 1 aliphatic rings. The Morgan fingerprint density at radius 2 is 2.19 bits per heavy atom. The molecule has 2 N–H and O–H groups in total. The van der Waals surface area contributed by atoms with Gasteiger partial charge in [-0.05, 0) is 37.9 Å². The maximum Gasteiger partial charge on any atom is 0.244 e. The summed E-state index contributed by atoms with van der Waals surface area (Å²) < 4.78 is 10.5. The van der Waals surface area contributed by atoms with E-state index < -0.39 is 5.54 Å². The zero-order chi connectivity index (χ0) is 15.3. The van der Waals surface area contributed by atoms with Crippen LogP contribution in [0.1, 0.15) is 32.6 Å². The normalized spacial score (nSPS) is 21.1. The van der Waals surface area contributed by atoms with E-state index in [2.05, 4.69) is 17.6 Å². The molecule has 0 spiro atoms. The van der Waals surface area contributed by atoms with Crippen molar-refractivity contribution >= 4 is 11.6 Å². The van der Waals surface area contributed by atoms with Gasteiger partial charge in [0.25, 0.3) is 0 Å². The number of hydrogen-bond acceptors (Lipinski definition) is 4. The minimum absolute atomic E-state index is 0.00778. The van der Waals surface area contributed by atoms with Crippen molar-refractivity contribution in [2.45, 2.75) is 38.1 Å². The van der Waals surface area contributed by atoms with Gasteiger partial charge in [-0.1, -0.05) is 13.3 Å². The van der Waals surface area contributed by atoms with Crippen LogP contribution in [-0.4, -0.2) is 32.2 Å². The maximum atomic E-state index is 12.7. The van der Waals surface area contributed by atoms with Crippen molar-refractivity contribution in [3.63, 3.8) is 0 Å². The zero-order valence-corrected chi connectivity index (χ0v) is 13.0. The molecule has 1 amide bonds. The number of anilines is 1. The van der Waals surface area contributed by atoms with Gasteiger partial charge in [0.05, 0.1) is 25.4 Å². The molecule has 21 heavy (non-hydrogen) atoms. The summed E-state index contributed by atoms with van der Waals surface area (Å²) in [6.07, 6.45) is 3.71. The highest BCUT2D eigenvalue weighted by molar-refractivity contribution is 5.99. The highest BCUT2D eigenvalue weighted by Gasteiger charge is 2.40. The van der Waals surface area contributed by atoms with Crippen molar-refractivity contribution in [2.75, 3.05) is 26.1 Å². The lowest BCUT2D eigenvalue weighted by atomic mass is 9.90. The third kappa shape index (κ3) is 3.29. The highest BCUT2D eigenvalue weighted by atomic mass is 16.5. The third-order valence-electron chi connectivity index (χ3n) is 4.01. The second kappa shape index (κ2) is 6.80. The smallest absolute Gasteiger partial charge is 0.244 e. The largest absolute Gasteiger partial charge is 0.497 e. The number of carbonyl (C=O) groups is 1. The van der Waals surface area contributed by atoms with Crippen LogP contribution in [0.15, 0.2) is 18.2 Å². The van der Waals surface area contributed by atoms with Crippen molar-refractivity contribution in [1.82, 2.24) is 5.32 Å². The average Bonchev–Trinajstić information content (AvgIpc) is 2.97. The van der Waals surface area contributed by atoms with Crippen LogP contribution in [0, 0.1) is 0 Å². The molecule has 5 heteroatoms. The first kappa shape index (κ1) is 15.6. The van der Waals surface area contributed by atoms with Crippen molar-refractivity contribution < 1.29 is 14.3 Å². The average molecular weight is 292 g/mol. The summed E-state index contributed by atoms with van der Waals surface area (Å²) >= 11 is 0. The van der Waals surface area contributed by atoms with Crippen LogP contribution >= 0.6 is 0 Å². The number of rotatable bonds is 6. The Kier molecular flexibility index (Phi) is 5.07. The lowest BCUT2D eigenvalue weighted by molar-refractivity contribution is -0.122. The van der Waals surface area contributed by atoms with Crippen LogP contribution in [0.2, 0.25) is 0 Å². The minimum atomic E-state index is -0.456. The summed E-state index contributed by atoms with van der Waals surface area (Å²) in [5.74, 6) is 1.33. The van der Waals surface area contributed by atoms with Crippen LogP contribution < -0.4 is 20.1 Å². The van der Waals surface area contributed by atoms with E-state index in [0.717, 1.165) is 32.2 Å². The molecule has 1 aromatic rings. The Balaban J connectivity index is 2.21. The van der Waals surface area contributed by atoms with Crippen LogP contribution in [0.25, 0.3) is 0 Å². The molecule has 0 radical (unpaired) electrons. The van der Waals surface area contributed by atoms with Crippen molar-refractivity contribution in [1.29, 1.82) is 0 Å². The van der Waals surface area contributed by atoms with Gasteiger partial charge >= 0.3 is 0 Å². The lowest BCUT2D eigenvalue weighted by Gasteiger charge is -2.28. The molecule has 0 aromatic heterocycles. The summed E-state index contributed by atoms with van der Waals surface area (Å²) in [4.78, 5) is 12.7. The summed E-state index contributed by atoms with van der Waals surface area (Å²) in [6.45, 7) is 2.99. The first-order valence-electron chi connectivity index (χ1n) is 7.43. The Bertz CT molecular complexity index is 496. The Morgan fingerprint density at radius 3 is 2.76 bits per heavy atom. The number of carbonyl (C=O) groups excluding carboxylic acids is 1. The molecule has 1 atom stereocenters. The fourth-order valence-electron chi connectivity index (χ4n) is 2.91. The van der Waals surface area contributed by atoms with Gasteiger partial charge in [0.1, 0.15) is 11.5 Å². The van der Waals surface area contributed by atoms with Gasteiger partial charge in [0, 0.05) is 6.07 Å². The first-order chi connectivity index (χ1) is 10.1. The molecule has 1 heterocycles. The second-order valence-corrected chi connectivity index (χ2v) is 5.38. The molecule has 0 saturated carbocycles. The van der Waals surface area contributed by atoms with Gasteiger partial charge in [-0.3, -0.25) is 4.79 Å². The molecule has 1 aliphatic heterocycles. The molecular formula is C16H24N2O3. The van der Waals surface area contributed by atoms with E-state index in [1.807, 2.05) is 6.07 Å². The topological polar surface area (TPSA) is 59.6 Å². The fourth-order valence-corrected chi connectivity index (χ4v) is 2.91. The predicted molar refractivity (Wildman–Crippen MR) is 83.1 cm³/mol. The lowest BCUT2D eigenvalue weighted by Crippen LogP contribution is -2.50. The molecular weight excluding hydrogens is 268 g/mol. The summed E-state index contributed by atoms with van der Waals surface area (Å²) in [6, 6.07) is 5.39. The molecule has 1 fully saturated rings. The minimum Gasteiger partial charge on any atom is -0.497 e. The van der Waals surface area contributed by atoms with Crippen LogP contribution in [0.3, 0.4) is 0 Å². The monoisotopic (exact) mass is 292 g/mol. The van der Waals surface area contributed by atoms with E-state index in [1.54, 1.807) is 26.4 Å². The second-order valence-electron chi connectivity index (χ2n) is 5.38. The predicted octanol–water partition coefficient (Wildman–Crippen LogP) is 2.56. The van der Waals surface area contributed by atoms with Gasteiger partial charge in [0.2, 0.25) is 5.91 Å². The van der Waals surface area contributed by atoms with Gasteiger partial charge < -0.3 is 20.1 Å².